The third-order valence-electron chi connectivity index (χ3n) is 5.46. The molecule has 0 aliphatic carbocycles. The third-order valence-corrected chi connectivity index (χ3v) is 5.46. The molecule has 0 fully saturated rings. The van der Waals surface area contributed by atoms with E-state index in [1.165, 1.54) is 11.1 Å². The summed E-state index contributed by atoms with van der Waals surface area (Å²) < 4.78 is 2.28. The van der Waals surface area contributed by atoms with Crippen LogP contribution in [0, 0.1) is 0 Å². The van der Waals surface area contributed by atoms with Crippen molar-refractivity contribution < 1.29 is 4.79 Å². The van der Waals surface area contributed by atoms with Crippen molar-refractivity contribution >= 4 is 22.6 Å². The normalized spacial score (nSPS) is 11.0. The topological polar surface area (TPSA) is 50.2 Å². The maximum absolute atomic E-state index is 12.7. The van der Waals surface area contributed by atoms with E-state index in [0.29, 0.717) is 0 Å². The minimum Gasteiger partial charge on any atom is -0.371 e. The van der Waals surface area contributed by atoms with Gasteiger partial charge < -0.3 is 14.8 Å². The van der Waals surface area contributed by atoms with Crippen LogP contribution in [0.2, 0.25) is 0 Å². The lowest BCUT2D eigenvalue weighted by Crippen LogP contribution is -2.30. The Labute approximate surface area is 173 Å². The number of rotatable bonds is 10. The average Bonchev–Trinajstić information content (AvgIpc) is 3.11. The summed E-state index contributed by atoms with van der Waals surface area (Å²) in [4.78, 5) is 18.6. The van der Waals surface area contributed by atoms with Crippen LogP contribution in [0.25, 0.3) is 10.9 Å². The molecule has 0 unspecified atom stereocenters. The van der Waals surface area contributed by atoms with E-state index in [2.05, 4.69) is 46.1 Å². The number of carbonyl (C=O) groups is 1. The molecule has 29 heavy (non-hydrogen) atoms. The molecule has 0 radical (unpaired) electrons. The van der Waals surface area contributed by atoms with Gasteiger partial charge in [-0.25, -0.2) is 0 Å². The summed E-state index contributed by atoms with van der Waals surface area (Å²) in [5.41, 5.74) is 3.27. The standard InChI is InChI=1S/C24H32N4O/c1-4-27(5-2)24(29)20-10-11-22-21(17-20)18-23(28(22)6-3)26-14-8-7-9-19-12-15-25-16-13-19/h10-13,15-18,26H,4-9,14H2,1-3H3. The van der Waals surface area contributed by atoms with Gasteiger partial charge in [0, 0.05) is 55.0 Å². The summed E-state index contributed by atoms with van der Waals surface area (Å²) >= 11 is 0. The van der Waals surface area contributed by atoms with Gasteiger partial charge in [-0.05, 0) is 82.0 Å². The van der Waals surface area contributed by atoms with Crippen LogP contribution < -0.4 is 5.32 Å². The van der Waals surface area contributed by atoms with Crippen molar-refractivity contribution in [1.29, 1.82) is 0 Å². The van der Waals surface area contributed by atoms with Gasteiger partial charge in [-0.15, -0.1) is 0 Å². The van der Waals surface area contributed by atoms with E-state index in [0.717, 1.165) is 62.2 Å². The molecule has 0 aliphatic heterocycles. The van der Waals surface area contributed by atoms with Gasteiger partial charge in [0.15, 0.2) is 0 Å². The number of fused-ring (bicyclic) bond motifs is 1. The molecule has 3 aromatic rings. The van der Waals surface area contributed by atoms with Gasteiger partial charge in [0.2, 0.25) is 0 Å². The van der Waals surface area contributed by atoms with Crippen LogP contribution in [0.1, 0.15) is 49.5 Å². The first kappa shape index (κ1) is 20.9. The van der Waals surface area contributed by atoms with Crippen LogP contribution >= 0.6 is 0 Å². The van der Waals surface area contributed by atoms with Crippen LogP contribution in [-0.4, -0.2) is 40.0 Å². The van der Waals surface area contributed by atoms with Gasteiger partial charge in [-0.1, -0.05) is 0 Å². The number of carbonyl (C=O) groups excluding carboxylic acids is 1. The second-order valence-corrected chi connectivity index (χ2v) is 7.26. The molecular formula is C24H32N4O. The summed E-state index contributed by atoms with van der Waals surface area (Å²) in [6.45, 7) is 9.49. The highest BCUT2D eigenvalue weighted by molar-refractivity contribution is 5.99. The van der Waals surface area contributed by atoms with Crippen LogP contribution in [0.4, 0.5) is 5.82 Å². The Hall–Kier alpha value is -2.82. The summed E-state index contributed by atoms with van der Waals surface area (Å²) in [6, 6.07) is 12.4. The molecular weight excluding hydrogens is 360 g/mol. The first-order chi connectivity index (χ1) is 14.2. The summed E-state index contributed by atoms with van der Waals surface area (Å²) in [5, 5.41) is 4.70. The second-order valence-electron chi connectivity index (χ2n) is 7.26. The average molecular weight is 393 g/mol. The minimum absolute atomic E-state index is 0.103. The van der Waals surface area contributed by atoms with E-state index in [4.69, 9.17) is 0 Å². The predicted octanol–water partition coefficient (Wildman–Crippen LogP) is 4.97. The molecule has 0 aliphatic rings. The fraction of sp³-hybridized carbons (Fsp3) is 0.417. The molecule has 0 spiro atoms. The highest BCUT2D eigenvalue weighted by atomic mass is 16.2. The van der Waals surface area contributed by atoms with Gasteiger partial charge in [0.05, 0.1) is 0 Å². The number of hydrogen-bond donors (Lipinski definition) is 1. The van der Waals surface area contributed by atoms with Gasteiger partial charge in [-0.3, -0.25) is 9.78 Å². The van der Waals surface area contributed by atoms with Crippen molar-refractivity contribution in [2.45, 2.75) is 46.6 Å². The van der Waals surface area contributed by atoms with Gasteiger partial charge in [-0.2, -0.15) is 0 Å². The van der Waals surface area contributed by atoms with Crippen LogP contribution in [0.15, 0.2) is 48.8 Å². The van der Waals surface area contributed by atoms with Crippen molar-refractivity contribution in [3.63, 3.8) is 0 Å². The van der Waals surface area contributed by atoms with E-state index in [9.17, 15) is 4.79 Å². The molecule has 2 aromatic heterocycles. The van der Waals surface area contributed by atoms with E-state index < -0.39 is 0 Å². The zero-order chi connectivity index (χ0) is 20.6. The van der Waals surface area contributed by atoms with Crippen molar-refractivity contribution in [1.82, 2.24) is 14.5 Å². The molecule has 0 saturated heterocycles. The van der Waals surface area contributed by atoms with Gasteiger partial charge in [0.1, 0.15) is 5.82 Å². The van der Waals surface area contributed by atoms with Gasteiger partial charge in [0.25, 0.3) is 5.91 Å². The lowest BCUT2D eigenvalue weighted by Gasteiger charge is -2.18. The Kier molecular flexibility index (Phi) is 7.28. The molecule has 1 aromatic carbocycles. The monoisotopic (exact) mass is 392 g/mol. The number of anilines is 1. The lowest BCUT2D eigenvalue weighted by molar-refractivity contribution is 0.0773. The number of hydrogen-bond acceptors (Lipinski definition) is 3. The number of nitrogens with one attached hydrogen (secondary N) is 1. The van der Waals surface area contributed by atoms with Crippen molar-refractivity contribution in [3.8, 4) is 0 Å². The Morgan fingerprint density at radius 3 is 2.48 bits per heavy atom. The third kappa shape index (κ3) is 4.97. The van der Waals surface area contributed by atoms with Crippen LogP contribution in [-0.2, 0) is 13.0 Å². The van der Waals surface area contributed by atoms with E-state index in [-0.39, 0.29) is 5.91 Å². The SMILES string of the molecule is CCN(CC)C(=O)c1ccc2c(c1)cc(NCCCCc1ccncc1)n2CC. The molecule has 5 heteroatoms. The Morgan fingerprint density at radius 1 is 1.03 bits per heavy atom. The quantitative estimate of drug-likeness (QED) is 0.496. The van der Waals surface area contributed by atoms with Crippen LogP contribution in [0.3, 0.4) is 0 Å². The first-order valence-corrected chi connectivity index (χ1v) is 10.7. The second kappa shape index (κ2) is 10.1. The highest BCUT2D eigenvalue weighted by Crippen LogP contribution is 2.25. The number of nitrogens with zero attached hydrogens (tertiary/aromatic N) is 3. The molecule has 0 atom stereocenters. The first-order valence-electron chi connectivity index (χ1n) is 10.7. The Morgan fingerprint density at radius 2 is 1.79 bits per heavy atom. The van der Waals surface area contributed by atoms with E-state index in [1.54, 1.807) is 0 Å². The number of aromatic nitrogens is 2. The van der Waals surface area contributed by atoms with E-state index in [1.807, 2.05) is 43.3 Å². The molecule has 0 bridgehead atoms. The number of unbranched alkanes of at least 4 members (excludes halogenated alkanes) is 1. The highest BCUT2D eigenvalue weighted by Gasteiger charge is 2.15. The number of amides is 1. The zero-order valence-electron chi connectivity index (χ0n) is 17.8. The smallest absolute Gasteiger partial charge is 0.253 e. The Balaban J connectivity index is 1.65. The molecule has 1 N–H and O–H groups in total. The Bertz CT molecular complexity index is 929. The largest absolute Gasteiger partial charge is 0.371 e. The summed E-state index contributed by atoms with van der Waals surface area (Å²) in [6.07, 6.45) is 7.04. The number of aryl methyl sites for hydroxylation is 2. The van der Waals surface area contributed by atoms with Crippen molar-refractivity contribution in [2.24, 2.45) is 0 Å². The maximum Gasteiger partial charge on any atom is 0.253 e. The van der Waals surface area contributed by atoms with Crippen LogP contribution in [0.5, 0.6) is 0 Å². The molecule has 154 valence electrons. The summed E-state index contributed by atoms with van der Waals surface area (Å²) in [7, 11) is 0. The zero-order valence-corrected chi connectivity index (χ0v) is 17.8. The number of benzene rings is 1. The fourth-order valence-electron chi connectivity index (χ4n) is 3.80. The number of pyridine rings is 1. The van der Waals surface area contributed by atoms with E-state index >= 15 is 0 Å². The summed E-state index contributed by atoms with van der Waals surface area (Å²) in [5.74, 6) is 1.23. The molecule has 1 amide bonds. The predicted molar refractivity (Wildman–Crippen MR) is 121 cm³/mol. The van der Waals surface area contributed by atoms with Crippen molar-refractivity contribution in [2.75, 3.05) is 25.0 Å². The molecule has 5 nitrogen and oxygen atoms in total. The van der Waals surface area contributed by atoms with Crippen molar-refractivity contribution in [3.05, 3.63) is 59.9 Å². The molecule has 0 saturated carbocycles. The van der Waals surface area contributed by atoms with Gasteiger partial charge >= 0.3 is 0 Å². The fourth-order valence-corrected chi connectivity index (χ4v) is 3.80. The minimum atomic E-state index is 0.103. The molecule has 2 heterocycles. The lowest BCUT2D eigenvalue weighted by atomic mass is 10.1. The maximum atomic E-state index is 12.7. The molecule has 3 rings (SSSR count).